The predicted molar refractivity (Wildman–Crippen MR) is 111 cm³/mol. The molecule has 0 saturated carbocycles. The van der Waals surface area contributed by atoms with Crippen LogP contribution in [0.5, 0.6) is 0 Å². The summed E-state index contributed by atoms with van der Waals surface area (Å²) in [5, 5.41) is 0. The Morgan fingerprint density at radius 3 is 2.17 bits per heavy atom. The second-order valence-electron chi connectivity index (χ2n) is 6.48. The molecule has 3 aromatic rings. The lowest BCUT2D eigenvalue weighted by Gasteiger charge is -2.19. The van der Waals surface area contributed by atoms with Gasteiger partial charge in [0.25, 0.3) is 0 Å². The van der Waals surface area contributed by atoms with E-state index in [0.717, 1.165) is 24.3 Å². The first-order valence-corrected chi connectivity index (χ1v) is 10.2. The number of hydrogen-bond acceptors (Lipinski definition) is 5. The van der Waals surface area contributed by atoms with Gasteiger partial charge >= 0.3 is 16.3 Å². The Morgan fingerprint density at radius 2 is 1.59 bits per heavy atom. The van der Waals surface area contributed by atoms with Gasteiger partial charge in [-0.1, -0.05) is 60.7 Å². The van der Waals surface area contributed by atoms with Crippen LogP contribution in [0.3, 0.4) is 0 Å². The summed E-state index contributed by atoms with van der Waals surface area (Å²) in [6.45, 7) is 0.0662. The largest absolute Gasteiger partial charge is 0.444 e. The maximum absolute atomic E-state index is 12.8. The van der Waals surface area contributed by atoms with Crippen molar-refractivity contribution in [2.45, 2.75) is 6.61 Å². The van der Waals surface area contributed by atoms with Crippen LogP contribution in [0.1, 0.15) is 5.56 Å². The molecule has 0 N–H and O–H groups in total. The zero-order chi connectivity index (χ0) is 21.0. The van der Waals surface area contributed by atoms with Crippen LogP contribution in [-0.4, -0.2) is 48.9 Å². The molecule has 0 aliphatic heterocycles. The Hall–Kier alpha value is -3.17. The summed E-state index contributed by atoms with van der Waals surface area (Å²) in [6, 6.07) is 18.3. The van der Waals surface area contributed by atoms with E-state index < -0.39 is 16.3 Å². The van der Waals surface area contributed by atoms with E-state index in [1.807, 2.05) is 60.7 Å². The van der Waals surface area contributed by atoms with Gasteiger partial charge in [0.05, 0.1) is 11.9 Å². The summed E-state index contributed by atoms with van der Waals surface area (Å²) in [5.41, 5.74) is 1.98. The third-order valence-electron chi connectivity index (χ3n) is 4.22. The molecule has 8 nitrogen and oxygen atoms in total. The number of nitrogens with zero attached hydrogens (tertiary/aromatic N) is 4. The maximum atomic E-state index is 12.8. The highest BCUT2D eigenvalue weighted by Gasteiger charge is 2.27. The molecule has 0 aliphatic carbocycles. The zero-order valence-corrected chi connectivity index (χ0v) is 17.2. The average Bonchev–Trinajstić information content (AvgIpc) is 3.19. The summed E-state index contributed by atoms with van der Waals surface area (Å²) < 4.78 is 32.9. The number of hydrogen-bond donors (Lipinski definition) is 0. The van der Waals surface area contributed by atoms with Gasteiger partial charge in [0, 0.05) is 26.7 Å². The first-order chi connectivity index (χ1) is 13.8. The Morgan fingerprint density at radius 1 is 1.00 bits per heavy atom. The molecule has 0 fully saturated rings. The summed E-state index contributed by atoms with van der Waals surface area (Å²) in [5.74, 6) is -0.0596. The number of ether oxygens (including phenoxy) is 1. The van der Waals surface area contributed by atoms with Crippen LogP contribution in [0, 0.1) is 0 Å². The lowest BCUT2D eigenvalue weighted by molar-refractivity contribution is 0.148. The van der Waals surface area contributed by atoms with E-state index in [9.17, 15) is 13.2 Å². The summed E-state index contributed by atoms with van der Waals surface area (Å²) in [6.07, 6.45) is 0.676. The van der Waals surface area contributed by atoms with Crippen LogP contribution in [0.2, 0.25) is 0 Å². The van der Waals surface area contributed by atoms with Crippen molar-refractivity contribution in [3.63, 3.8) is 0 Å². The van der Waals surface area contributed by atoms with Crippen LogP contribution in [-0.2, 0) is 21.6 Å². The topological polar surface area (TPSA) is 84.7 Å². The Kier molecular flexibility index (Phi) is 6.00. The van der Waals surface area contributed by atoms with Gasteiger partial charge in [-0.3, -0.25) is 0 Å². The van der Waals surface area contributed by atoms with E-state index in [1.54, 1.807) is 0 Å². The smallest absolute Gasteiger partial charge is 0.416 e. The van der Waals surface area contributed by atoms with Gasteiger partial charge in [0.15, 0.2) is 0 Å². The van der Waals surface area contributed by atoms with Crippen molar-refractivity contribution in [2.75, 3.05) is 26.0 Å². The van der Waals surface area contributed by atoms with Crippen molar-refractivity contribution in [3.8, 4) is 11.3 Å². The SMILES string of the molecule is CN(C(=O)OCc1ccccc1)c1nc(-c2ccccc2)cn1S(=O)(=O)N(C)C. The minimum atomic E-state index is -3.90. The van der Waals surface area contributed by atoms with Crippen molar-refractivity contribution >= 4 is 22.3 Å². The zero-order valence-electron chi connectivity index (χ0n) is 16.4. The van der Waals surface area contributed by atoms with E-state index in [2.05, 4.69) is 4.98 Å². The average molecular weight is 414 g/mol. The molecule has 2 aromatic carbocycles. The minimum absolute atomic E-state index is 0.0596. The van der Waals surface area contributed by atoms with Crippen LogP contribution < -0.4 is 4.90 Å². The molecule has 1 aromatic heterocycles. The lowest BCUT2D eigenvalue weighted by Crippen LogP contribution is -2.34. The van der Waals surface area contributed by atoms with Gasteiger partial charge in [-0.05, 0) is 5.56 Å². The fraction of sp³-hybridized carbons (Fsp3) is 0.200. The third-order valence-corrected chi connectivity index (χ3v) is 5.90. The molecule has 0 atom stereocenters. The quantitative estimate of drug-likeness (QED) is 0.619. The van der Waals surface area contributed by atoms with Crippen molar-refractivity contribution in [1.82, 2.24) is 13.3 Å². The fourth-order valence-corrected chi connectivity index (χ4v) is 3.52. The number of amides is 1. The Balaban J connectivity index is 1.93. The van der Waals surface area contributed by atoms with E-state index in [-0.39, 0.29) is 12.6 Å². The number of benzene rings is 2. The number of anilines is 1. The summed E-state index contributed by atoms with van der Waals surface area (Å²) in [7, 11) is 0.344. The van der Waals surface area contributed by atoms with Crippen LogP contribution in [0.4, 0.5) is 10.7 Å². The molecule has 0 saturated heterocycles. The third kappa shape index (κ3) is 4.47. The number of carbonyl (C=O) groups is 1. The number of aromatic nitrogens is 2. The molecule has 3 rings (SSSR count). The Bertz CT molecular complexity index is 1080. The molecule has 0 radical (unpaired) electrons. The lowest BCUT2D eigenvalue weighted by atomic mass is 10.2. The van der Waals surface area contributed by atoms with E-state index >= 15 is 0 Å². The van der Waals surface area contributed by atoms with Crippen molar-refractivity contribution < 1.29 is 17.9 Å². The highest BCUT2D eigenvalue weighted by atomic mass is 32.2. The van der Waals surface area contributed by atoms with Gasteiger partial charge in [-0.15, -0.1) is 0 Å². The molecule has 0 aliphatic rings. The normalized spacial score (nSPS) is 11.4. The van der Waals surface area contributed by atoms with Gasteiger partial charge in [-0.25, -0.2) is 14.7 Å². The highest BCUT2D eigenvalue weighted by Crippen LogP contribution is 2.25. The molecule has 1 amide bonds. The van der Waals surface area contributed by atoms with Gasteiger partial charge in [0.1, 0.15) is 6.61 Å². The number of rotatable bonds is 6. The predicted octanol–water partition coefficient (Wildman–Crippen LogP) is 2.98. The first kappa shape index (κ1) is 20.6. The molecule has 1 heterocycles. The first-order valence-electron chi connectivity index (χ1n) is 8.83. The molecule has 29 heavy (non-hydrogen) atoms. The van der Waals surface area contributed by atoms with E-state index in [0.29, 0.717) is 5.69 Å². The van der Waals surface area contributed by atoms with Crippen LogP contribution in [0.15, 0.2) is 66.9 Å². The summed E-state index contributed by atoms with van der Waals surface area (Å²) in [4.78, 5) is 18.0. The van der Waals surface area contributed by atoms with Gasteiger partial charge in [-0.2, -0.15) is 16.7 Å². The number of imidazole rings is 1. The maximum Gasteiger partial charge on any atom is 0.416 e. The second kappa shape index (κ2) is 8.46. The van der Waals surface area contributed by atoms with E-state index in [1.165, 1.54) is 27.3 Å². The molecular formula is C20H22N4O4S. The second-order valence-corrected chi connectivity index (χ2v) is 8.50. The molecular weight excluding hydrogens is 392 g/mol. The van der Waals surface area contributed by atoms with Gasteiger partial charge in [0.2, 0.25) is 5.95 Å². The van der Waals surface area contributed by atoms with Crippen LogP contribution in [0.25, 0.3) is 11.3 Å². The molecule has 0 bridgehead atoms. The van der Waals surface area contributed by atoms with Crippen molar-refractivity contribution in [2.24, 2.45) is 0 Å². The monoisotopic (exact) mass is 414 g/mol. The minimum Gasteiger partial charge on any atom is -0.444 e. The molecule has 9 heteroatoms. The molecule has 0 spiro atoms. The van der Waals surface area contributed by atoms with Crippen molar-refractivity contribution in [1.29, 1.82) is 0 Å². The fourth-order valence-electron chi connectivity index (χ4n) is 2.57. The Labute approximate surface area is 170 Å². The van der Waals surface area contributed by atoms with E-state index in [4.69, 9.17) is 4.74 Å². The van der Waals surface area contributed by atoms with Crippen molar-refractivity contribution in [3.05, 3.63) is 72.4 Å². The van der Waals surface area contributed by atoms with Crippen LogP contribution >= 0.6 is 0 Å². The standard InChI is InChI=1S/C20H22N4O4S/c1-22(2)29(26,27)24-14-18(17-12-8-5-9-13-17)21-19(24)23(3)20(25)28-15-16-10-6-4-7-11-16/h4-14H,15H2,1-3H3. The number of carbonyl (C=O) groups excluding carboxylic acids is 1. The highest BCUT2D eigenvalue weighted by molar-refractivity contribution is 7.87. The van der Waals surface area contributed by atoms with Gasteiger partial charge < -0.3 is 4.74 Å². The molecule has 152 valence electrons. The molecule has 0 unspecified atom stereocenters. The summed E-state index contributed by atoms with van der Waals surface area (Å²) >= 11 is 0.